The monoisotopic (exact) mass is 469 g/mol. The van der Waals surface area contributed by atoms with Gasteiger partial charge in [0, 0.05) is 14.3 Å². The molecule has 6 nitrogen and oxygen atoms in total. The number of esters is 1. The van der Waals surface area contributed by atoms with E-state index in [1.165, 1.54) is 6.92 Å². The van der Waals surface area contributed by atoms with E-state index in [1.54, 1.807) is 0 Å². The molecule has 9 heteroatoms. The maximum Gasteiger partial charge on any atom is 0.303 e. The molecule has 1 aromatic carbocycles. The first-order chi connectivity index (χ1) is 13.1. The lowest BCUT2D eigenvalue weighted by Gasteiger charge is -2.44. The Balaban J connectivity index is 0.00000420. The van der Waals surface area contributed by atoms with E-state index in [2.05, 4.69) is 6.58 Å². The third kappa shape index (κ3) is 7.63. The van der Waals surface area contributed by atoms with E-state index in [4.69, 9.17) is 53.8 Å². The first kappa shape index (κ1) is 26.0. The number of carbonyl (C=O) groups is 1. The van der Waals surface area contributed by atoms with Gasteiger partial charge in [0.15, 0.2) is 6.10 Å². The lowest BCUT2D eigenvalue weighted by Crippen LogP contribution is -2.53. The van der Waals surface area contributed by atoms with Crippen molar-refractivity contribution in [3.05, 3.63) is 48.2 Å². The highest BCUT2D eigenvalue weighted by Crippen LogP contribution is 2.39. The van der Waals surface area contributed by atoms with Gasteiger partial charge in [-0.15, -0.1) is 0 Å². The smallest absolute Gasteiger partial charge is 0.303 e. The Morgan fingerprint density at radius 3 is 2.34 bits per heavy atom. The van der Waals surface area contributed by atoms with Crippen LogP contribution in [-0.2, 0) is 30.3 Å². The zero-order chi connectivity index (χ0) is 20.9. The second-order valence-corrected chi connectivity index (χ2v) is 9.16. The molecule has 1 aliphatic rings. The zero-order valence-corrected chi connectivity index (χ0v) is 19.0. The Kier molecular flexibility index (Phi) is 10.2. The first-order valence-electron chi connectivity index (χ1n) is 8.96. The molecule has 0 aliphatic carbocycles. The molecule has 2 unspecified atom stereocenters. The van der Waals surface area contributed by atoms with Gasteiger partial charge in [0.2, 0.25) is 10.1 Å². The highest BCUT2D eigenvalue weighted by Gasteiger charge is 2.46. The number of benzene rings is 1. The number of carbonyl (C=O) groups excluding carboxylic acids is 1. The molecule has 166 valence electrons. The van der Waals surface area contributed by atoms with Crippen molar-refractivity contribution in [1.29, 1.82) is 0 Å². The summed E-state index contributed by atoms with van der Waals surface area (Å²) in [4.78, 5) is 11.5. The van der Waals surface area contributed by atoms with Crippen LogP contribution in [0.15, 0.2) is 42.7 Å². The molecule has 1 saturated heterocycles. The summed E-state index contributed by atoms with van der Waals surface area (Å²) in [5, 5.41) is 0. The molecule has 0 saturated carbocycles. The van der Waals surface area contributed by atoms with Crippen LogP contribution in [0.5, 0.6) is 0 Å². The maximum atomic E-state index is 11.5. The Hall–Kier alpha value is -1.02. The molecule has 29 heavy (non-hydrogen) atoms. The standard InChI is InChI=1S/C20H25Cl3O5.H3N.H2/c1-12-13(2)18(27-15(4)24)19(26-14(3)20(21,22)23)28-17(12)11-25-10-16-8-6-5-7-9-16;;/h5-9,12-13,17-19H,3,10-11H2,1-2,4H3;1H3;1H/t12-,13-,17?,18?,19-;;/m0../s1. The Morgan fingerprint density at radius 1 is 1.17 bits per heavy atom. The van der Waals surface area contributed by atoms with E-state index in [9.17, 15) is 4.79 Å². The zero-order valence-electron chi connectivity index (χ0n) is 16.8. The summed E-state index contributed by atoms with van der Waals surface area (Å²) in [5.74, 6) is -0.581. The van der Waals surface area contributed by atoms with E-state index in [0.29, 0.717) is 13.2 Å². The quantitative estimate of drug-likeness (QED) is 0.324. The summed E-state index contributed by atoms with van der Waals surface area (Å²) in [6.45, 7) is 9.73. The predicted molar refractivity (Wildman–Crippen MR) is 116 cm³/mol. The molecule has 5 atom stereocenters. The summed E-state index contributed by atoms with van der Waals surface area (Å²) in [6.07, 6.45) is -1.91. The average molecular weight is 471 g/mol. The Bertz CT molecular complexity index is 674. The van der Waals surface area contributed by atoms with Gasteiger partial charge in [-0.3, -0.25) is 4.79 Å². The van der Waals surface area contributed by atoms with Gasteiger partial charge in [0.05, 0.1) is 19.3 Å². The molecule has 0 radical (unpaired) electrons. The van der Waals surface area contributed by atoms with Crippen LogP contribution in [0, 0.1) is 11.8 Å². The number of alkyl halides is 3. The highest BCUT2D eigenvalue weighted by atomic mass is 35.6. The molecule has 0 amide bonds. The molecular weight excluding hydrogens is 441 g/mol. The van der Waals surface area contributed by atoms with Crippen molar-refractivity contribution < 1.29 is 25.2 Å². The molecule has 1 aliphatic heterocycles. The lowest BCUT2D eigenvalue weighted by atomic mass is 9.83. The largest absolute Gasteiger partial charge is 0.461 e. The third-order valence-electron chi connectivity index (χ3n) is 4.78. The van der Waals surface area contributed by atoms with Gasteiger partial charge in [-0.1, -0.05) is 85.6 Å². The summed E-state index contributed by atoms with van der Waals surface area (Å²) < 4.78 is 21.1. The molecular formula is C20H30Cl3NO5. The van der Waals surface area contributed by atoms with Crippen molar-refractivity contribution in [3.8, 4) is 0 Å². The van der Waals surface area contributed by atoms with Crippen molar-refractivity contribution in [1.82, 2.24) is 6.15 Å². The minimum atomic E-state index is -1.82. The second kappa shape index (κ2) is 11.4. The van der Waals surface area contributed by atoms with Crippen molar-refractivity contribution in [2.75, 3.05) is 6.61 Å². The van der Waals surface area contributed by atoms with Gasteiger partial charge in [0.1, 0.15) is 5.76 Å². The van der Waals surface area contributed by atoms with Gasteiger partial charge in [0.25, 0.3) is 0 Å². The molecule has 1 fully saturated rings. The van der Waals surface area contributed by atoms with Crippen molar-refractivity contribution in [3.63, 3.8) is 0 Å². The van der Waals surface area contributed by atoms with Crippen LogP contribution in [0.25, 0.3) is 0 Å². The summed E-state index contributed by atoms with van der Waals surface area (Å²) in [7, 11) is 0. The molecule has 0 aromatic heterocycles. The summed E-state index contributed by atoms with van der Waals surface area (Å²) in [5.41, 5.74) is 1.06. The number of allylic oxidation sites excluding steroid dienone is 1. The highest BCUT2D eigenvalue weighted by molar-refractivity contribution is 6.69. The topological polar surface area (TPSA) is 89.0 Å². The van der Waals surface area contributed by atoms with E-state index in [0.717, 1.165) is 5.56 Å². The minimum Gasteiger partial charge on any atom is -0.461 e. The predicted octanol–water partition coefficient (Wildman–Crippen LogP) is 5.44. The molecule has 1 aromatic rings. The number of hydrogen-bond donors (Lipinski definition) is 1. The minimum absolute atomic E-state index is 0. The Morgan fingerprint density at radius 2 is 1.79 bits per heavy atom. The van der Waals surface area contributed by atoms with Gasteiger partial charge in [-0.2, -0.15) is 0 Å². The summed E-state index contributed by atoms with van der Waals surface area (Å²) >= 11 is 17.5. The van der Waals surface area contributed by atoms with Gasteiger partial charge in [-0.25, -0.2) is 0 Å². The van der Waals surface area contributed by atoms with Crippen LogP contribution < -0.4 is 6.15 Å². The molecule has 0 bridgehead atoms. The second-order valence-electron chi connectivity index (χ2n) is 6.87. The number of rotatable bonds is 7. The summed E-state index contributed by atoms with van der Waals surface area (Å²) in [6, 6.07) is 9.84. The van der Waals surface area contributed by atoms with E-state index in [-0.39, 0.29) is 31.3 Å². The fourth-order valence-electron chi connectivity index (χ4n) is 2.97. The number of halogens is 3. The lowest BCUT2D eigenvalue weighted by molar-refractivity contribution is -0.270. The van der Waals surface area contributed by atoms with Gasteiger partial charge in [-0.05, 0) is 11.5 Å². The van der Waals surface area contributed by atoms with E-state index in [1.807, 2.05) is 44.2 Å². The van der Waals surface area contributed by atoms with E-state index < -0.39 is 22.2 Å². The van der Waals surface area contributed by atoms with Crippen LogP contribution >= 0.6 is 34.8 Å². The normalized spacial score (nSPS) is 26.9. The van der Waals surface area contributed by atoms with Crippen LogP contribution in [0.3, 0.4) is 0 Å². The molecule has 3 N–H and O–H groups in total. The third-order valence-corrected chi connectivity index (χ3v) is 5.41. The number of hydrogen-bond acceptors (Lipinski definition) is 6. The van der Waals surface area contributed by atoms with Gasteiger partial charge < -0.3 is 25.1 Å². The van der Waals surface area contributed by atoms with Crippen molar-refractivity contribution >= 4 is 40.8 Å². The van der Waals surface area contributed by atoms with Crippen molar-refractivity contribution in [2.45, 2.75) is 49.7 Å². The fraction of sp³-hybridized carbons (Fsp3) is 0.550. The molecule has 2 rings (SSSR count). The van der Waals surface area contributed by atoms with Crippen LogP contribution in [0.1, 0.15) is 27.8 Å². The average Bonchev–Trinajstić information content (AvgIpc) is 2.62. The van der Waals surface area contributed by atoms with Crippen LogP contribution in [-0.4, -0.2) is 34.9 Å². The van der Waals surface area contributed by atoms with Crippen LogP contribution in [0.2, 0.25) is 0 Å². The SMILES string of the molecule is C=C(O[C@H]1OC(COCc2ccccc2)[C@@H](C)[C@H](C)C1OC(C)=O)C(Cl)(Cl)Cl.N.[HH]. The van der Waals surface area contributed by atoms with E-state index >= 15 is 0 Å². The molecule has 1 heterocycles. The fourth-order valence-corrected chi connectivity index (χ4v) is 3.11. The first-order valence-corrected chi connectivity index (χ1v) is 10.1. The van der Waals surface area contributed by atoms with Crippen molar-refractivity contribution in [2.24, 2.45) is 11.8 Å². The molecule has 0 spiro atoms. The number of ether oxygens (including phenoxy) is 4. The van der Waals surface area contributed by atoms with Gasteiger partial charge >= 0.3 is 5.97 Å². The maximum absolute atomic E-state index is 11.5. The van der Waals surface area contributed by atoms with Crippen LogP contribution in [0.4, 0.5) is 0 Å². The Labute approximate surface area is 188 Å².